The standard InChI is InChI=1S/C19H15Br2N3O3/c1-11-3-2-4-14(5-11)24-19(26)13(9-22)6-12-7-15(20)18(16(21)8-12)27-10-17(23)25/h2-8H,10H2,1H3,(H2,23,25)(H,24,26)/b13-6+. The quantitative estimate of drug-likeness (QED) is 0.470. The highest BCUT2D eigenvalue weighted by molar-refractivity contribution is 9.11. The Labute approximate surface area is 173 Å². The number of aryl methyl sites for hydroxylation is 1. The van der Waals surface area contributed by atoms with Crippen LogP contribution >= 0.6 is 31.9 Å². The fourth-order valence-corrected chi connectivity index (χ4v) is 3.63. The second-order valence-electron chi connectivity index (χ2n) is 5.56. The van der Waals surface area contributed by atoms with Crippen LogP contribution in [0.5, 0.6) is 5.75 Å². The first-order valence-electron chi connectivity index (χ1n) is 7.70. The largest absolute Gasteiger partial charge is 0.481 e. The zero-order valence-electron chi connectivity index (χ0n) is 14.3. The maximum absolute atomic E-state index is 12.4. The minimum Gasteiger partial charge on any atom is -0.481 e. The van der Waals surface area contributed by atoms with Gasteiger partial charge in [-0.3, -0.25) is 9.59 Å². The third-order valence-electron chi connectivity index (χ3n) is 3.33. The van der Waals surface area contributed by atoms with E-state index in [1.165, 1.54) is 6.08 Å². The average molecular weight is 493 g/mol. The molecule has 0 saturated carbocycles. The van der Waals surface area contributed by atoms with Gasteiger partial charge in [-0.2, -0.15) is 5.26 Å². The van der Waals surface area contributed by atoms with Crippen molar-refractivity contribution in [3.8, 4) is 11.8 Å². The van der Waals surface area contributed by atoms with Gasteiger partial charge >= 0.3 is 0 Å². The molecule has 0 bridgehead atoms. The fraction of sp³-hybridized carbons (Fsp3) is 0.105. The van der Waals surface area contributed by atoms with Gasteiger partial charge in [-0.05, 0) is 80.3 Å². The third kappa shape index (κ3) is 5.94. The molecular formula is C19H15Br2N3O3. The highest BCUT2D eigenvalue weighted by atomic mass is 79.9. The monoisotopic (exact) mass is 491 g/mol. The average Bonchev–Trinajstić information content (AvgIpc) is 2.58. The number of nitrogens with zero attached hydrogens (tertiary/aromatic N) is 1. The van der Waals surface area contributed by atoms with Crippen molar-refractivity contribution in [2.45, 2.75) is 6.92 Å². The Kier molecular flexibility index (Phi) is 7.16. The Hall–Kier alpha value is -2.63. The summed E-state index contributed by atoms with van der Waals surface area (Å²) >= 11 is 6.68. The van der Waals surface area contributed by atoms with Gasteiger partial charge in [0, 0.05) is 5.69 Å². The van der Waals surface area contributed by atoms with Crippen molar-refractivity contribution in [2.24, 2.45) is 5.73 Å². The van der Waals surface area contributed by atoms with Crippen LogP contribution in [0.4, 0.5) is 5.69 Å². The Balaban J connectivity index is 2.25. The Morgan fingerprint density at radius 3 is 2.48 bits per heavy atom. The number of benzene rings is 2. The molecule has 0 radical (unpaired) electrons. The van der Waals surface area contributed by atoms with E-state index in [2.05, 4.69) is 37.2 Å². The first-order chi connectivity index (χ1) is 12.8. The number of nitrogens with two attached hydrogens (primary N) is 1. The van der Waals surface area contributed by atoms with Gasteiger partial charge in [0.15, 0.2) is 6.61 Å². The summed E-state index contributed by atoms with van der Waals surface area (Å²) in [5.74, 6) is -0.713. The van der Waals surface area contributed by atoms with E-state index in [1.54, 1.807) is 18.2 Å². The van der Waals surface area contributed by atoms with Crippen LogP contribution in [0.25, 0.3) is 6.08 Å². The predicted octanol–water partition coefficient (Wildman–Crippen LogP) is 3.93. The van der Waals surface area contributed by atoms with Gasteiger partial charge in [0.2, 0.25) is 0 Å². The normalized spacial score (nSPS) is 10.8. The number of halogens is 2. The lowest BCUT2D eigenvalue weighted by Gasteiger charge is -2.10. The molecule has 0 atom stereocenters. The predicted molar refractivity (Wildman–Crippen MR) is 110 cm³/mol. The molecule has 0 aliphatic heterocycles. The van der Waals surface area contributed by atoms with Gasteiger partial charge in [-0.15, -0.1) is 0 Å². The molecule has 0 spiro atoms. The van der Waals surface area contributed by atoms with Crippen LogP contribution in [-0.4, -0.2) is 18.4 Å². The van der Waals surface area contributed by atoms with Crippen molar-refractivity contribution < 1.29 is 14.3 Å². The number of ether oxygens (including phenoxy) is 1. The number of anilines is 1. The van der Waals surface area contributed by atoms with Crippen molar-refractivity contribution in [3.63, 3.8) is 0 Å². The first-order valence-corrected chi connectivity index (χ1v) is 9.28. The van der Waals surface area contributed by atoms with Gasteiger partial charge in [0.1, 0.15) is 17.4 Å². The minimum absolute atomic E-state index is 0.0545. The lowest BCUT2D eigenvalue weighted by molar-refractivity contribution is -0.120. The second-order valence-corrected chi connectivity index (χ2v) is 7.27. The summed E-state index contributed by atoms with van der Waals surface area (Å²) in [6.07, 6.45) is 1.46. The molecular weight excluding hydrogens is 478 g/mol. The summed E-state index contributed by atoms with van der Waals surface area (Å²) in [4.78, 5) is 23.2. The van der Waals surface area contributed by atoms with E-state index in [-0.39, 0.29) is 12.2 Å². The number of nitrogens with one attached hydrogen (secondary N) is 1. The van der Waals surface area contributed by atoms with Crippen LogP contribution in [0.15, 0.2) is 50.9 Å². The third-order valence-corrected chi connectivity index (χ3v) is 4.51. The Morgan fingerprint density at radius 1 is 1.26 bits per heavy atom. The number of hydrogen-bond donors (Lipinski definition) is 2. The van der Waals surface area contributed by atoms with E-state index in [0.717, 1.165) is 5.56 Å². The molecule has 8 heteroatoms. The number of carbonyl (C=O) groups excluding carboxylic acids is 2. The zero-order chi connectivity index (χ0) is 20.0. The molecule has 0 unspecified atom stereocenters. The van der Waals surface area contributed by atoms with Gasteiger partial charge in [0.05, 0.1) is 8.95 Å². The van der Waals surface area contributed by atoms with Crippen molar-refractivity contribution in [1.29, 1.82) is 5.26 Å². The van der Waals surface area contributed by atoms with Crippen LogP contribution in [0.1, 0.15) is 11.1 Å². The van der Waals surface area contributed by atoms with Crippen LogP contribution < -0.4 is 15.8 Å². The van der Waals surface area contributed by atoms with Crippen LogP contribution in [0.3, 0.4) is 0 Å². The highest BCUT2D eigenvalue weighted by Gasteiger charge is 2.13. The minimum atomic E-state index is -0.600. The summed E-state index contributed by atoms with van der Waals surface area (Å²) in [6.45, 7) is 1.64. The molecule has 0 aromatic heterocycles. The van der Waals surface area contributed by atoms with Crippen LogP contribution in [-0.2, 0) is 9.59 Å². The molecule has 0 heterocycles. The summed E-state index contributed by atoms with van der Waals surface area (Å²) in [5, 5.41) is 12.0. The molecule has 138 valence electrons. The molecule has 2 rings (SSSR count). The molecule has 2 amide bonds. The van der Waals surface area contributed by atoms with Gasteiger partial charge < -0.3 is 15.8 Å². The lowest BCUT2D eigenvalue weighted by atomic mass is 10.1. The number of rotatable bonds is 6. The van der Waals surface area contributed by atoms with E-state index >= 15 is 0 Å². The van der Waals surface area contributed by atoms with Crippen molar-refractivity contribution in [2.75, 3.05) is 11.9 Å². The maximum atomic E-state index is 12.4. The Morgan fingerprint density at radius 2 is 1.93 bits per heavy atom. The van der Waals surface area contributed by atoms with Gasteiger partial charge in [0.25, 0.3) is 11.8 Å². The topological polar surface area (TPSA) is 105 Å². The highest BCUT2D eigenvalue weighted by Crippen LogP contribution is 2.35. The number of carbonyl (C=O) groups is 2. The van der Waals surface area contributed by atoms with Gasteiger partial charge in [-0.1, -0.05) is 12.1 Å². The molecule has 0 aliphatic carbocycles. The van der Waals surface area contributed by atoms with E-state index in [4.69, 9.17) is 10.5 Å². The molecule has 6 nitrogen and oxygen atoms in total. The van der Waals surface area contributed by atoms with E-state index in [9.17, 15) is 14.9 Å². The van der Waals surface area contributed by atoms with Gasteiger partial charge in [-0.25, -0.2) is 0 Å². The first kappa shape index (κ1) is 20.7. The molecule has 0 aliphatic rings. The zero-order valence-corrected chi connectivity index (χ0v) is 17.4. The van der Waals surface area contributed by atoms with Crippen molar-refractivity contribution >= 4 is 55.4 Å². The molecule has 2 aromatic rings. The molecule has 0 fully saturated rings. The number of primary amides is 1. The van der Waals surface area contributed by atoms with Crippen LogP contribution in [0, 0.1) is 18.3 Å². The fourth-order valence-electron chi connectivity index (χ4n) is 2.18. The SMILES string of the molecule is Cc1cccc(NC(=O)/C(C#N)=C/c2cc(Br)c(OCC(N)=O)c(Br)c2)c1. The van der Waals surface area contributed by atoms with Crippen molar-refractivity contribution in [1.82, 2.24) is 0 Å². The van der Waals surface area contributed by atoms with Crippen LogP contribution in [0.2, 0.25) is 0 Å². The summed E-state index contributed by atoms with van der Waals surface area (Å²) < 4.78 is 6.40. The smallest absolute Gasteiger partial charge is 0.266 e. The molecule has 0 saturated heterocycles. The summed E-state index contributed by atoms with van der Waals surface area (Å²) in [6, 6.07) is 12.5. The molecule has 27 heavy (non-hydrogen) atoms. The lowest BCUT2D eigenvalue weighted by Crippen LogP contribution is -2.20. The maximum Gasteiger partial charge on any atom is 0.266 e. The molecule has 2 aromatic carbocycles. The van der Waals surface area contributed by atoms with Crippen molar-refractivity contribution in [3.05, 3.63) is 62.0 Å². The van der Waals surface area contributed by atoms with E-state index in [1.807, 2.05) is 31.2 Å². The summed E-state index contributed by atoms with van der Waals surface area (Å²) in [7, 11) is 0. The second kappa shape index (κ2) is 9.35. The summed E-state index contributed by atoms with van der Waals surface area (Å²) in [5.41, 5.74) is 7.22. The van der Waals surface area contributed by atoms with E-state index in [0.29, 0.717) is 25.9 Å². The van der Waals surface area contributed by atoms with E-state index < -0.39 is 11.8 Å². The Bertz CT molecular complexity index is 942. The molecule has 3 N–H and O–H groups in total. The number of amides is 2. The number of nitriles is 1. The number of hydrogen-bond acceptors (Lipinski definition) is 4.